The maximum absolute atomic E-state index is 12.8. The van der Waals surface area contributed by atoms with Gasteiger partial charge in [0.25, 0.3) is 5.91 Å². The van der Waals surface area contributed by atoms with E-state index in [1.807, 2.05) is 61.5 Å². The summed E-state index contributed by atoms with van der Waals surface area (Å²) in [6, 6.07) is 17.2. The molecule has 1 fully saturated rings. The molecule has 7 heteroatoms. The van der Waals surface area contributed by atoms with Gasteiger partial charge in [-0.3, -0.25) is 14.5 Å². The van der Waals surface area contributed by atoms with Gasteiger partial charge in [0, 0.05) is 13.0 Å². The number of carbonyl (C=O) groups is 2. The Kier molecular flexibility index (Phi) is 8.03. The van der Waals surface area contributed by atoms with Crippen LogP contribution in [0.1, 0.15) is 25.3 Å². The summed E-state index contributed by atoms with van der Waals surface area (Å²) >= 11 is 6.68. The molecule has 0 aliphatic carbocycles. The first kappa shape index (κ1) is 22.8. The number of nitrogens with one attached hydrogen (secondary N) is 1. The molecule has 0 bridgehead atoms. The molecule has 3 rings (SSSR count). The van der Waals surface area contributed by atoms with E-state index < -0.39 is 0 Å². The normalized spacial score (nSPS) is 15.5. The number of carbonyl (C=O) groups excluding carboxylic acids is 2. The van der Waals surface area contributed by atoms with Crippen molar-refractivity contribution in [1.82, 2.24) is 4.90 Å². The summed E-state index contributed by atoms with van der Waals surface area (Å²) in [5.41, 5.74) is 2.68. The Hall–Kier alpha value is -2.90. The summed E-state index contributed by atoms with van der Waals surface area (Å²) in [6.45, 7) is 2.37. The van der Waals surface area contributed by atoms with Crippen molar-refractivity contribution in [2.75, 3.05) is 19.0 Å². The van der Waals surface area contributed by atoms with Crippen LogP contribution >= 0.6 is 24.0 Å². The first-order valence-corrected chi connectivity index (χ1v) is 11.1. The van der Waals surface area contributed by atoms with Crippen molar-refractivity contribution in [3.63, 3.8) is 0 Å². The summed E-state index contributed by atoms with van der Waals surface area (Å²) in [4.78, 5) is 27.2. The van der Waals surface area contributed by atoms with E-state index in [0.29, 0.717) is 33.6 Å². The minimum atomic E-state index is -0.132. The number of anilines is 1. The van der Waals surface area contributed by atoms with E-state index in [1.54, 1.807) is 24.1 Å². The van der Waals surface area contributed by atoms with Crippen LogP contribution in [0.25, 0.3) is 6.08 Å². The highest BCUT2D eigenvalue weighted by atomic mass is 32.2. The van der Waals surface area contributed by atoms with Crippen LogP contribution in [0.5, 0.6) is 5.75 Å². The van der Waals surface area contributed by atoms with Crippen LogP contribution in [0.3, 0.4) is 0 Å². The number of thioether (sulfide) groups is 1. The van der Waals surface area contributed by atoms with Crippen LogP contribution in [0.15, 0.2) is 71.2 Å². The predicted octanol–water partition coefficient (Wildman–Crippen LogP) is 5.26. The zero-order chi connectivity index (χ0) is 22.2. The van der Waals surface area contributed by atoms with Gasteiger partial charge in [-0.1, -0.05) is 72.5 Å². The zero-order valence-electron chi connectivity index (χ0n) is 17.5. The van der Waals surface area contributed by atoms with E-state index in [-0.39, 0.29) is 18.2 Å². The summed E-state index contributed by atoms with van der Waals surface area (Å²) in [5.74, 6) is 0.366. The molecule has 0 unspecified atom stereocenters. The van der Waals surface area contributed by atoms with Crippen molar-refractivity contribution in [3.05, 3.63) is 76.7 Å². The van der Waals surface area contributed by atoms with Crippen LogP contribution in [-0.4, -0.2) is 34.7 Å². The summed E-state index contributed by atoms with van der Waals surface area (Å²) in [5, 5.41) is 2.84. The van der Waals surface area contributed by atoms with Gasteiger partial charge in [-0.05, 0) is 42.7 Å². The number of nitrogens with zero attached hydrogens (tertiary/aromatic N) is 1. The van der Waals surface area contributed by atoms with E-state index >= 15 is 0 Å². The molecular formula is C24H24N2O3S2. The SMILES string of the molecule is COc1ccccc1NC(=O)CCCN1C(=O)C(=CC(C)=Cc2ccccc2)SC1=S. The van der Waals surface area contributed by atoms with Crippen molar-refractivity contribution in [2.24, 2.45) is 0 Å². The van der Waals surface area contributed by atoms with E-state index in [4.69, 9.17) is 17.0 Å². The van der Waals surface area contributed by atoms with E-state index in [2.05, 4.69) is 5.32 Å². The topological polar surface area (TPSA) is 58.6 Å². The lowest BCUT2D eigenvalue weighted by atomic mass is 10.1. The molecule has 1 saturated heterocycles. The molecule has 1 aliphatic heterocycles. The molecular weight excluding hydrogens is 428 g/mol. The Labute approximate surface area is 192 Å². The lowest BCUT2D eigenvalue weighted by Gasteiger charge is -2.14. The summed E-state index contributed by atoms with van der Waals surface area (Å²) in [7, 11) is 1.56. The molecule has 5 nitrogen and oxygen atoms in total. The highest BCUT2D eigenvalue weighted by Crippen LogP contribution is 2.32. The van der Waals surface area contributed by atoms with Gasteiger partial charge in [-0.15, -0.1) is 0 Å². The van der Waals surface area contributed by atoms with Crippen molar-refractivity contribution < 1.29 is 14.3 Å². The highest BCUT2D eigenvalue weighted by molar-refractivity contribution is 8.26. The van der Waals surface area contributed by atoms with Gasteiger partial charge in [-0.25, -0.2) is 0 Å². The molecule has 160 valence electrons. The maximum atomic E-state index is 12.8. The molecule has 0 aromatic heterocycles. The van der Waals surface area contributed by atoms with Gasteiger partial charge in [0.05, 0.1) is 17.7 Å². The van der Waals surface area contributed by atoms with Crippen LogP contribution < -0.4 is 10.1 Å². The average Bonchev–Trinajstić information content (AvgIpc) is 3.02. The first-order chi connectivity index (χ1) is 15.0. The molecule has 0 spiro atoms. The average molecular weight is 453 g/mol. The second-order valence-electron chi connectivity index (χ2n) is 6.98. The molecule has 0 saturated carbocycles. The molecule has 2 aromatic rings. The number of benzene rings is 2. The highest BCUT2D eigenvalue weighted by Gasteiger charge is 2.31. The third-order valence-corrected chi connectivity index (χ3v) is 5.97. The number of thiocarbonyl (C=S) groups is 1. The number of ether oxygens (including phenoxy) is 1. The molecule has 0 atom stereocenters. The Morgan fingerprint density at radius 1 is 1.16 bits per heavy atom. The number of amides is 2. The Balaban J connectivity index is 1.54. The minimum Gasteiger partial charge on any atom is -0.495 e. The molecule has 0 radical (unpaired) electrons. The fourth-order valence-electron chi connectivity index (χ4n) is 3.11. The number of hydrogen-bond acceptors (Lipinski definition) is 5. The Morgan fingerprint density at radius 3 is 2.61 bits per heavy atom. The minimum absolute atomic E-state index is 0.110. The molecule has 2 amide bonds. The van der Waals surface area contributed by atoms with Crippen LogP contribution in [-0.2, 0) is 9.59 Å². The molecule has 1 aliphatic rings. The summed E-state index contributed by atoms with van der Waals surface area (Å²) in [6.07, 6.45) is 4.68. The third kappa shape index (κ3) is 6.29. The van der Waals surface area contributed by atoms with Crippen molar-refractivity contribution in [1.29, 1.82) is 0 Å². The van der Waals surface area contributed by atoms with Crippen LogP contribution in [0, 0.1) is 0 Å². The largest absolute Gasteiger partial charge is 0.495 e. The predicted molar refractivity (Wildman–Crippen MR) is 131 cm³/mol. The van der Waals surface area contributed by atoms with Crippen LogP contribution in [0.2, 0.25) is 0 Å². The van der Waals surface area contributed by atoms with E-state index in [1.165, 1.54) is 11.8 Å². The number of para-hydroxylation sites is 2. The lowest BCUT2D eigenvalue weighted by molar-refractivity contribution is -0.122. The van der Waals surface area contributed by atoms with E-state index in [0.717, 1.165) is 11.1 Å². The van der Waals surface area contributed by atoms with Crippen molar-refractivity contribution >= 4 is 51.9 Å². The van der Waals surface area contributed by atoms with Gasteiger partial charge >= 0.3 is 0 Å². The standard InChI is InChI=1S/C24H24N2O3S2/c1-17(15-18-9-4-3-5-10-18)16-21-23(28)26(24(30)31-21)14-8-13-22(27)25-19-11-6-7-12-20(19)29-2/h3-7,9-12,15-16H,8,13-14H2,1-2H3,(H,25,27). The lowest BCUT2D eigenvalue weighted by Crippen LogP contribution is -2.29. The molecule has 1 heterocycles. The number of allylic oxidation sites excluding steroid dienone is 2. The Bertz CT molecular complexity index is 1030. The van der Waals surface area contributed by atoms with Gasteiger partial charge in [0.1, 0.15) is 10.1 Å². The quantitative estimate of drug-likeness (QED) is 0.437. The second-order valence-corrected chi connectivity index (χ2v) is 8.66. The molecule has 2 aromatic carbocycles. The van der Waals surface area contributed by atoms with Gasteiger partial charge in [-0.2, -0.15) is 0 Å². The number of hydrogen-bond donors (Lipinski definition) is 1. The third-order valence-electron chi connectivity index (χ3n) is 4.59. The molecule has 1 N–H and O–H groups in total. The van der Waals surface area contributed by atoms with Crippen LogP contribution in [0.4, 0.5) is 5.69 Å². The van der Waals surface area contributed by atoms with E-state index in [9.17, 15) is 9.59 Å². The Morgan fingerprint density at radius 2 is 1.87 bits per heavy atom. The number of methoxy groups -OCH3 is 1. The number of rotatable bonds is 8. The van der Waals surface area contributed by atoms with Gasteiger partial charge < -0.3 is 10.1 Å². The van der Waals surface area contributed by atoms with Crippen molar-refractivity contribution in [2.45, 2.75) is 19.8 Å². The zero-order valence-corrected chi connectivity index (χ0v) is 19.1. The maximum Gasteiger partial charge on any atom is 0.266 e. The smallest absolute Gasteiger partial charge is 0.266 e. The first-order valence-electron chi connectivity index (χ1n) is 9.89. The van der Waals surface area contributed by atoms with Crippen molar-refractivity contribution in [3.8, 4) is 5.75 Å². The monoisotopic (exact) mass is 452 g/mol. The fraction of sp³-hybridized carbons (Fsp3) is 0.208. The fourth-order valence-corrected chi connectivity index (χ4v) is 4.47. The summed E-state index contributed by atoms with van der Waals surface area (Å²) < 4.78 is 5.76. The van der Waals surface area contributed by atoms with Gasteiger partial charge in [0.2, 0.25) is 5.91 Å². The second kappa shape index (κ2) is 10.9. The van der Waals surface area contributed by atoms with Gasteiger partial charge in [0.15, 0.2) is 0 Å². The molecule has 31 heavy (non-hydrogen) atoms.